The SMILES string of the molecule is CC(=O)N[C@@H]1C[C@H](COC(=O)c2ccccc2)[C@@H](F)[C@@H]1O. The van der Waals surface area contributed by atoms with Gasteiger partial charge in [-0.05, 0) is 18.6 Å². The van der Waals surface area contributed by atoms with Crippen LogP contribution in [-0.2, 0) is 9.53 Å². The fourth-order valence-corrected chi connectivity index (χ4v) is 2.50. The second-order valence-corrected chi connectivity index (χ2v) is 5.20. The molecular weight excluding hydrogens is 277 g/mol. The predicted molar refractivity (Wildman–Crippen MR) is 73.3 cm³/mol. The molecule has 1 aliphatic carbocycles. The number of esters is 1. The van der Waals surface area contributed by atoms with E-state index in [0.717, 1.165) is 0 Å². The minimum atomic E-state index is -1.52. The van der Waals surface area contributed by atoms with E-state index >= 15 is 0 Å². The van der Waals surface area contributed by atoms with Gasteiger partial charge in [0.15, 0.2) is 0 Å². The lowest BCUT2D eigenvalue weighted by Crippen LogP contribution is -2.41. The third-order valence-electron chi connectivity index (χ3n) is 3.57. The summed E-state index contributed by atoms with van der Waals surface area (Å²) >= 11 is 0. The maximum atomic E-state index is 13.9. The van der Waals surface area contributed by atoms with E-state index in [1.165, 1.54) is 6.92 Å². The number of aliphatic hydroxyl groups is 1. The molecule has 0 unspecified atom stereocenters. The van der Waals surface area contributed by atoms with Crippen molar-refractivity contribution in [2.24, 2.45) is 5.92 Å². The van der Waals surface area contributed by atoms with E-state index in [1.54, 1.807) is 30.3 Å². The summed E-state index contributed by atoms with van der Waals surface area (Å²) in [4.78, 5) is 22.8. The standard InChI is InChI=1S/C15H18FNO4/c1-9(18)17-12-7-11(13(16)14(12)19)8-21-15(20)10-5-3-2-4-6-10/h2-6,11-14,19H,7-8H2,1H3,(H,17,18)/t11-,12-,13-,14-/m1/s1. The van der Waals surface area contributed by atoms with Crippen LogP contribution in [0.1, 0.15) is 23.7 Å². The van der Waals surface area contributed by atoms with Crippen LogP contribution in [0.4, 0.5) is 4.39 Å². The monoisotopic (exact) mass is 295 g/mol. The van der Waals surface area contributed by atoms with Crippen molar-refractivity contribution >= 4 is 11.9 Å². The number of alkyl halides is 1. The van der Waals surface area contributed by atoms with Crippen molar-refractivity contribution in [3.8, 4) is 0 Å². The number of rotatable bonds is 4. The van der Waals surface area contributed by atoms with E-state index in [-0.39, 0.29) is 18.9 Å². The number of ether oxygens (including phenoxy) is 1. The average Bonchev–Trinajstić information content (AvgIpc) is 2.73. The van der Waals surface area contributed by atoms with Gasteiger partial charge >= 0.3 is 5.97 Å². The number of carbonyl (C=O) groups is 2. The quantitative estimate of drug-likeness (QED) is 0.815. The predicted octanol–water partition coefficient (Wildman–Crippen LogP) is 1.07. The van der Waals surface area contributed by atoms with Crippen LogP contribution in [0.15, 0.2) is 30.3 Å². The van der Waals surface area contributed by atoms with E-state index < -0.39 is 30.2 Å². The average molecular weight is 295 g/mol. The van der Waals surface area contributed by atoms with Gasteiger partial charge in [0.05, 0.1) is 18.2 Å². The van der Waals surface area contributed by atoms with Crippen molar-refractivity contribution < 1.29 is 23.8 Å². The van der Waals surface area contributed by atoms with Crippen molar-refractivity contribution in [2.75, 3.05) is 6.61 Å². The van der Waals surface area contributed by atoms with Gasteiger partial charge in [0.25, 0.3) is 0 Å². The Labute approximate surface area is 122 Å². The fraction of sp³-hybridized carbons (Fsp3) is 0.467. The summed E-state index contributed by atoms with van der Waals surface area (Å²) in [5, 5.41) is 12.2. The van der Waals surface area contributed by atoms with Crippen LogP contribution in [0.5, 0.6) is 0 Å². The van der Waals surface area contributed by atoms with Gasteiger partial charge in [-0.1, -0.05) is 18.2 Å². The Hall–Kier alpha value is -1.95. The first-order chi connectivity index (χ1) is 9.99. The van der Waals surface area contributed by atoms with Gasteiger partial charge in [-0.2, -0.15) is 0 Å². The number of halogens is 1. The topological polar surface area (TPSA) is 75.6 Å². The molecule has 0 aromatic heterocycles. The molecule has 21 heavy (non-hydrogen) atoms. The third-order valence-corrected chi connectivity index (χ3v) is 3.57. The molecule has 1 amide bonds. The lowest BCUT2D eigenvalue weighted by Gasteiger charge is -2.15. The van der Waals surface area contributed by atoms with Crippen LogP contribution < -0.4 is 5.32 Å². The molecule has 1 aromatic carbocycles. The molecule has 0 saturated heterocycles. The van der Waals surface area contributed by atoms with Crippen molar-refractivity contribution in [2.45, 2.75) is 31.7 Å². The third kappa shape index (κ3) is 3.78. The highest BCUT2D eigenvalue weighted by Crippen LogP contribution is 2.30. The molecular formula is C15H18FNO4. The van der Waals surface area contributed by atoms with Gasteiger partial charge in [0.2, 0.25) is 5.91 Å². The molecule has 0 aliphatic heterocycles. The van der Waals surface area contributed by atoms with Crippen LogP contribution in [0, 0.1) is 5.92 Å². The Morgan fingerprint density at radius 3 is 2.67 bits per heavy atom. The summed E-state index contributed by atoms with van der Waals surface area (Å²) in [6.07, 6.45) is -2.55. The summed E-state index contributed by atoms with van der Waals surface area (Å²) in [5.41, 5.74) is 0.393. The minimum Gasteiger partial charge on any atom is -0.462 e. The molecule has 0 spiro atoms. The number of hydrogen-bond acceptors (Lipinski definition) is 4. The molecule has 2 rings (SSSR count). The van der Waals surface area contributed by atoms with Gasteiger partial charge in [-0.25, -0.2) is 9.18 Å². The van der Waals surface area contributed by atoms with Crippen LogP contribution >= 0.6 is 0 Å². The summed E-state index contributed by atoms with van der Waals surface area (Å²) in [6, 6.07) is 7.77. The molecule has 4 atom stereocenters. The molecule has 1 aliphatic rings. The zero-order valence-corrected chi connectivity index (χ0v) is 11.7. The van der Waals surface area contributed by atoms with Crippen molar-refractivity contribution in [1.29, 1.82) is 0 Å². The molecule has 1 fully saturated rings. The zero-order valence-electron chi connectivity index (χ0n) is 11.7. The van der Waals surface area contributed by atoms with Crippen molar-refractivity contribution in [3.05, 3.63) is 35.9 Å². The van der Waals surface area contributed by atoms with Gasteiger partial charge in [0.1, 0.15) is 12.3 Å². The van der Waals surface area contributed by atoms with E-state index in [2.05, 4.69) is 5.32 Å². The van der Waals surface area contributed by atoms with E-state index in [1.807, 2.05) is 0 Å². The maximum absolute atomic E-state index is 13.9. The molecule has 6 heteroatoms. The van der Waals surface area contributed by atoms with Crippen molar-refractivity contribution in [3.63, 3.8) is 0 Å². The fourth-order valence-electron chi connectivity index (χ4n) is 2.50. The molecule has 1 aromatic rings. The lowest BCUT2D eigenvalue weighted by molar-refractivity contribution is -0.120. The Bertz CT molecular complexity index is 508. The summed E-state index contributed by atoms with van der Waals surface area (Å²) < 4.78 is 19.0. The summed E-state index contributed by atoms with van der Waals surface area (Å²) in [7, 11) is 0. The van der Waals surface area contributed by atoms with Gasteiger partial charge in [0, 0.05) is 12.8 Å². The molecule has 0 heterocycles. The van der Waals surface area contributed by atoms with Gasteiger partial charge < -0.3 is 15.2 Å². The molecule has 114 valence electrons. The Morgan fingerprint density at radius 1 is 1.38 bits per heavy atom. The van der Waals surface area contributed by atoms with Crippen LogP contribution in [0.25, 0.3) is 0 Å². The van der Waals surface area contributed by atoms with Crippen LogP contribution in [0.3, 0.4) is 0 Å². The first-order valence-electron chi connectivity index (χ1n) is 6.80. The highest BCUT2D eigenvalue weighted by Gasteiger charge is 2.43. The lowest BCUT2D eigenvalue weighted by atomic mass is 10.1. The van der Waals surface area contributed by atoms with Gasteiger partial charge in [-0.3, -0.25) is 4.79 Å². The number of amides is 1. The van der Waals surface area contributed by atoms with Crippen molar-refractivity contribution in [1.82, 2.24) is 5.32 Å². The van der Waals surface area contributed by atoms with E-state index in [4.69, 9.17) is 4.74 Å². The molecule has 2 N–H and O–H groups in total. The molecule has 0 radical (unpaired) electrons. The first-order valence-corrected chi connectivity index (χ1v) is 6.80. The smallest absolute Gasteiger partial charge is 0.338 e. The number of hydrogen-bond donors (Lipinski definition) is 2. The highest BCUT2D eigenvalue weighted by molar-refractivity contribution is 5.89. The first kappa shape index (κ1) is 15.4. The highest BCUT2D eigenvalue weighted by atomic mass is 19.1. The van der Waals surface area contributed by atoms with Crippen LogP contribution in [0.2, 0.25) is 0 Å². The Kier molecular flexibility index (Phi) is 4.90. The molecule has 0 bridgehead atoms. The Balaban J connectivity index is 1.89. The summed E-state index contributed by atoms with van der Waals surface area (Å²) in [6.45, 7) is 1.19. The maximum Gasteiger partial charge on any atom is 0.338 e. The molecule has 1 saturated carbocycles. The number of nitrogens with one attached hydrogen (secondary N) is 1. The van der Waals surface area contributed by atoms with Gasteiger partial charge in [-0.15, -0.1) is 0 Å². The second kappa shape index (κ2) is 6.67. The number of benzene rings is 1. The van der Waals surface area contributed by atoms with E-state index in [0.29, 0.717) is 5.56 Å². The largest absolute Gasteiger partial charge is 0.462 e. The van der Waals surface area contributed by atoms with Crippen LogP contribution in [-0.4, -0.2) is 41.9 Å². The normalized spacial score (nSPS) is 28.1. The zero-order chi connectivity index (χ0) is 15.4. The number of carbonyl (C=O) groups excluding carboxylic acids is 2. The number of aliphatic hydroxyl groups excluding tert-OH is 1. The Morgan fingerprint density at radius 2 is 2.05 bits per heavy atom. The second-order valence-electron chi connectivity index (χ2n) is 5.20. The minimum absolute atomic E-state index is 0.123. The summed E-state index contributed by atoms with van der Waals surface area (Å²) in [5.74, 6) is -1.47. The molecule has 5 nitrogen and oxygen atoms in total. The van der Waals surface area contributed by atoms with E-state index in [9.17, 15) is 19.1 Å².